The van der Waals surface area contributed by atoms with Gasteiger partial charge < -0.3 is 19.6 Å². The third kappa shape index (κ3) is 3.56. The molecule has 0 aliphatic carbocycles. The first-order valence-electron chi connectivity index (χ1n) is 5.55. The molecule has 1 aromatic rings. The van der Waals surface area contributed by atoms with Crippen LogP contribution in [0, 0.1) is 0 Å². The lowest BCUT2D eigenvalue weighted by molar-refractivity contribution is -0.139. The summed E-state index contributed by atoms with van der Waals surface area (Å²) >= 11 is 0. The van der Waals surface area contributed by atoms with Crippen molar-refractivity contribution in [2.75, 3.05) is 13.7 Å². The zero-order chi connectivity index (χ0) is 13.5. The molecule has 0 spiro atoms. The number of ether oxygens (including phenoxy) is 1. The van der Waals surface area contributed by atoms with Gasteiger partial charge in [0.15, 0.2) is 12.1 Å². The summed E-state index contributed by atoms with van der Waals surface area (Å²) in [6.45, 7) is 2.06. The molecule has 7 nitrogen and oxygen atoms in total. The molecule has 0 aliphatic rings. The number of aliphatic carboxylic acids is 1. The number of nitrogens with one attached hydrogen (secondary N) is 1. The predicted octanol–water partition coefficient (Wildman–Crippen LogP) is 0.457. The number of oxazole rings is 1. The molecule has 1 amide bonds. The van der Waals surface area contributed by atoms with Crippen molar-refractivity contribution >= 4 is 11.9 Å². The first kappa shape index (κ1) is 14.2. The maximum Gasteiger partial charge on any atom is 0.326 e. The van der Waals surface area contributed by atoms with Crippen LogP contribution in [0.4, 0.5) is 0 Å². The number of nitrogens with zero attached hydrogens (tertiary/aromatic N) is 1. The van der Waals surface area contributed by atoms with Crippen molar-refractivity contribution in [2.45, 2.75) is 25.8 Å². The molecule has 18 heavy (non-hydrogen) atoms. The van der Waals surface area contributed by atoms with Gasteiger partial charge >= 0.3 is 5.97 Å². The van der Waals surface area contributed by atoms with Crippen LogP contribution in [0.5, 0.6) is 0 Å². The van der Waals surface area contributed by atoms with Crippen LogP contribution in [0.25, 0.3) is 0 Å². The minimum absolute atomic E-state index is 0.126. The molecule has 0 fully saturated rings. The maximum absolute atomic E-state index is 11.8. The van der Waals surface area contributed by atoms with Crippen LogP contribution in [0.1, 0.15) is 29.6 Å². The molecule has 2 N–H and O–H groups in total. The highest BCUT2D eigenvalue weighted by molar-refractivity contribution is 5.95. The monoisotopic (exact) mass is 256 g/mol. The molecule has 1 heterocycles. The number of hydrogen-bond donors (Lipinski definition) is 2. The second-order valence-electron chi connectivity index (χ2n) is 3.62. The number of carbonyl (C=O) groups is 2. The van der Waals surface area contributed by atoms with Crippen molar-refractivity contribution in [3.05, 3.63) is 17.8 Å². The first-order chi connectivity index (χ1) is 8.60. The molecule has 1 aromatic heterocycles. The van der Waals surface area contributed by atoms with E-state index in [1.807, 2.05) is 6.92 Å². The smallest absolute Gasteiger partial charge is 0.326 e. The van der Waals surface area contributed by atoms with Crippen molar-refractivity contribution < 1.29 is 23.8 Å². The molecule has 0 radical (unpaired) electrons. The van der Waals surface area contributed by atoms with E-state index in [1.165, 1.54) is 13.5 Å². The van der Waals surface area contributed by atoms with Gasteiger partial charge in [0.25, 0.3) is 5.91 Å². The van der Waals surface area contributed by atoms with Gasteiger partial charge in [-0.15, -0.1) is 0 Å². The second kappa shape index (κ2) is 6.75. The molecule has 0 bridgehead atoms. The Kier molecular flexibility index (Phi) is 5.31. The van der Waals surface area contributed by atoms with E-state index in [1.54, 1.807) is 0 Å². The van der Waals surface area contributed by atoms with Crippen LogP contribution in [0.2, 0.25) is 0 Å². The van der Waals surface area contributed by atoms with Crippen LogP contribution < -0.4 is 5.32 Å². The fourth-order valence-corrected chi connectivity index (χ4v) is 1.43. The number of carbonyl (C=O) groups excluding carboxylic acids is 1. The van der Waals surface area contributed by atoms with Gasteiger partial charge in [-0.2, -0.15) is 0 Å². The summed E-state index contributed by atoms with van der Waals surface area (Å²) in [5, 5.41) is 11.3. The van der Waals surface area contributed by atoms with E-state index >= 15 is 0 Å². The number of amides is 1. The van der Waals surface area contributed by atoms with Gasteiger partial charge in [-0.1, -0.05) is 6.92 Å². The number of methoxy groups -OCH3 is 1. The largest absolute Gasteiger partial charge is 0.480 e. The number of hydrogen-bond acceptors (Lipinski definition) is 5. The average Bonchev–Trinajstić information content (AvgIpc) is 2.82. The van der Waals surface area contributed by atoms with E-state index in [2.05, 4.69) is 10.3 Å². The Hall–Kier alpha value is -1.89. The molecule has 0 saturated heterocycles. The standard InChI is InChI=1S/C11H16N2O5/c1-3-8-9(12-6-18-8)10(14)13-7(11(15)16)4-5-17-2/h6-7H,3-5H2,1-2H3,(H,13,14)(H,15,16). The van der Waals surface area contributed by atoms with Crippen LogP contribution in [0.15, 0.2) is 10.8 Å². The zero-order valence-electron chi connectivity index (χ0n) is 10.3. The molecule has 7 heteroatoms. The number of rotatable bonds is 7. The average molecular weight is 256 g/mol. The quantitative estimate of drug-likeness (QED) is 0.734. The van der Waals surface area contributed by atoms with E-state index in [0.717, 1.165) is 0 Å². The van der Waals surface area contributed by atoms with Gasteiger partial charge in [0.05, 0.1) is 0 Å². The van der Waals surface area contributed by atoms with Crippen molar-refractivity contribution in [2.24, 2.45) is 0 Å². The first-order valence-corrected chi connectivity index (χ1v) is 5.55. The second-order valence-corrected chi connectivity index (χ2v) is 3.62. The van der Waals surface area contributed by atoms with E-state index in [-0.39, 0.29) is 18.7 Å². The summed E-state index contributed by atoms with van der Waals surface area (Å²) in [7, 11) is 1.47. The summed E-state index contributed by atoms with van der Waals surface area (Å²) in [5.74, 6) is -1.23. The van der Waals surface area contributed by atoms with Crippen LogP contribution in [0.3, 0.4) is 0 Å². The number of aromatic nitrogens is 1. The minimum atomic E-state index is -1.11. The summed E-state index contributed by atoms with van der Waals surface area (Å²) < 4.78 is 9.80. The SMILES string of the molecule is CCc1ocnc1C(=O)NC(CCOC)C(=O)O. The van der Waals surface area contributed by atoms with Crippen molar-refractivity contribution in [3.8, 4) is 0 Å². The fourth-order valence-electron chi connectivity index (χ4n) is 1.43. The normalized spacial score (nSPS) is 12.1. The highest BCUT2D eigenvalue weighted by Gasteiger charge is 2.23. The van der Waals surface area contributed by atoms with E-state index < -0.39 is 17.9 Å². The highest BCUT2D eigenvalue weighted by Crippen LogP contribution is 2.08. The fraction of sp³-hybridized carbons (Fsp3) is 0.545. The van der Waals surface area contributed by atoms with E-state index in [4.69, 9.17) is 14.3 Å². The maximum atomic E-state index is 11.8. The van der Waals surface area contributed by atoms with Crippen molar-refractivity contribution in [1.29, 1.82) is 0 Å². The molecule has 0 aromatic carbocycles. The predicted molar refractivity (Wildman–Crippen MR) is 61.3 cm³/mol. The van der Waals surface area contributed by atoms with Crippen molar-refractivity contribution in [1.82, 2.24) is 10.3 Å². The third-order valence-electron chi connectivity index (χ3n) is 2.39. The lowest BCUT2D eigenvalue weighted by Crippen LogP contribution is -2.41. The molecule has 100 valence electrons. The lowest BCUT2D eigenvalue weighted by atomic mass is 10.2. The summed E-state index contributed by atoms with van der Waals surface area (Å²) in [5.41, 5.74) is 0.126. The zero-order valence-corrected chi connectivity index (χ0v) is 10.3. The van der Waals surface area contributed by atoms with Gasteiger partial charge in [0.2, 0.25) is 0 Å². The van der Waals surface area contributed by atoms with E-state index in [0.29, 0.717) is 12.2 Å². The molecular weight excluding hydrogens is 240 g/mol. The Balaban J connectivity index is 2.69. The van der Waals surface area contributed by atoms with E-state index in [9.17, 15) is 9.59 Å². The van der Waals surface area contributed by atoms with Crippen LogP contribution >= 0.6 is 0 Å². The molecule has 0 saturated carbocycles. The Morgan fingerprint density at radius 3 is 2.89 bits per heavy atom. The van der Waals surface area contributed by atoms with Gasteiger partial charge in [-0.05, 0) is 0 Å². The lowest BCUT2D eigenvalue weighted by Gasteiger charge is -2.13. The summed E-state index contributed by atoms with van der Waals surface area (Å²) in [6, 6.07) is -1.00. The number of aryl methyl sites for hydroxylation is 1. The van der Waals surface area contributed by atoms with Crippen LogP contribution in [-0.2, 0) is 16.0 Å². The Morgan fingerprint density at radius 2 is 2.33 bits per heavy atom. The Labute approximate surface area is 104 Å². The molecular formula is C11H16N2O5. The highest BCUT2D eigenvalue weighted by atomic mass is 16.5. The molecule has 1 atom stereocenters. The number of carboxylic acid groups (broad SMARTS) is 1. The third-order valence-corrected chi connectivity index (χ3v) is 2.39. The van der Waals surface area contributed by atoms with Gasteiger partial charge in [-0.3, -0.25) is 4.79 Å². The van der Waals surface area contributed by atoms with Crippen molar-refractivity contribution in [3.63, 3.8) is 0 Å². The summed E-state index contributed by atoms with van der Waals surface area (Å²) in [4.78, 5) is 26.6. The summed E-state index contributed by atoms with van der Waals surface area (Å²) in [6.07, 6.45) is 1.87. The Bertz CT molecular complexity index is 415. The van der Waals surface area contributed by atoms with Gasteiger partial charge in [-0.25, -0.2) is 9.78 Å². The van der Waals surface area contributed by atoms with Gasteiger partial charge in [0, 0.05) is 26.6 Å². The molecule has 1 rings (SSSR count). The van der Waals surface area contributed by atoms with Gasteiger partial charge in [0.1, 0.15) is 11.8 Å². The minimum Gasteiger partial charge on any atom is -0.480 e. The topological polar surface area (TPSA) is 102 Å². The molecule has 1 unspecified atom stereocenters. The van der Waals surface area contributed by atoms with Crippen LogP contribution in [-0.4, -0.2) is 41.7 Å². The molecule has 0 aliphatic heterocycles. The Morgan fingerprint density at radius 1 is 1.61 bits per heavy atom. The number of carboxylic acids is 1.